The van der Waals surface area contributed by atoms with Crippen molar-refractivity contribution < 1.29 is 0 Å². The van der Waals surface area contributed by atoms with Crippen molar-refractivity contribution in [3.8, 4) is 0 Å². The molecule has 0 bridgehead atoms. The zero-order valence-electron chi connectivity index (χ0n) is 16.3. The Morgan fingerprint density at radius 3 is 2.26 bits per heavy atom. The van der Waals surface area contributed by atoms with Crippen LogP contribution in [0, 0.1) is 0 Å². The Bertz CT molecular complexity index is 904. The molecule has 3 heteroatoms. The van der Waals surface area contributed by atoms with Crippen LogP contribution in [0.5, 0.6) is 0 Å². The molecule has 3 aromatic carbocycles. The van der Waals surface area contributed by atoms with Gasteiger partial charge in [0.15, 0.2) is 0 Å². The highest BCUT2D eigenvalue weighted by Crippen LogP contribution is 2.26. The number of hydrogen-bond acceptors (Lipinski definition) is 1. The van der Waals surface area contributed by atoms with E-state index in [1.165, 1.54) is 21.9 Å². The highest BCUT2D eigenvalue weighted by atomic mass is 35.5. The second-order valence-electron chi connectivity index (χ2n) is 7.61. The summed E-state index contributed by atoms with van der Waals surface area (Å²) >= 11 is 12.2. The van der Waals surface area contributed by atoms with Gasteiger partial charge in [0.25, 0.3) is 0 Å². The van der Waals surface area contributed by atoms with Gasteiger partial charge < -0.3 is 0 Å². The van der Waals surface area contributed by atoms with Crippen LogP contribution in [-0.4, -0.2) is 17.5 Å². The van der Waals surface area contributed by atoms with Gasteiger partial charge in [0.05, 0.1) is 10.0 Å². The van der Waals surface area contributed by atoms with Crippen LogP contribution in [0.2, 0.25) is 10.0 Å². The number of fused-ring (bicyclic) bond motifs is 1. The number of hydrogen-bond donors (Lipinski definition) is 0. The molecular formula is C24H27Cl2N. The monoisotopic (exact) mass is 399 g/mol. The van der Waals surface area contributed by atoms with E-state index in [2.05, 4.69) is 74.2 Å². The van der Waals surface area contributed by atoms with Gasteiger partial charge in [-0.2, -0.15) is 0 Å². The second-order valence-corrected chi connectivity index (χ2v) is 8.42. The molecule has 0 aromatic heterocycles. The predicted molar refractivity (Wildman–Crippen MR) is 119 cm³/mol. The lowest BCUT2D eigenvalue weighted by molar-refractivity contribution is 0.206. The molecule has 0 radical (unpaired) electrons. The van der Waals surface area contributed by atoms with Crippen molar-refractivity contribution in [1.82, 2.24) is 4.90 Å². The van der Waals surface area contributed by atoms with E-state index in [0.29, 0.717) is 22.0 Å². The lowest BCUT2D eigenvalue weighted by Crippen LogP contribution is -2.32. The van der Waals surface area contributed by atoms with E-state index >= 15 is 0 Å². The van der Waals surface area contributed by atoms with Gasteiger partial charge in [-0.05, 0) is 66.8 Å². The van der Waals surface area contributed by atoms with Gasteiger partial charge >= 0.3 is 0 Å². The fourth-order valence-electron chi connectivity index (χ4n) is 3.43. The molecule has 0 aliphatic rings. The molecule has 0 N–H and O–H groups in total. The van der Waals surface area contributed by atoms with Crippen molar-refractivity contribution in [3.63, 3.8) is 0 Å². The molecule has 142 valence electrons. The first-order valence-electron chi connectivity index (χ1n) is 9.60. The first kappa shape index (κ1) is 20.2. The van der Waals surface area contributed by atoms with E-state index in [-0.39, 0.29) is 0 Å². The van der Waals surface area contributed by atoms with E-state index in [1.54, 1.807) is 0 Å². The molecule has 0 fully saturated rings. The summed E-state index contributed by atoms with van der Waals surface area (Å²) in [6.07, 6.45) is 1.12. The summed E-state index contributed by atoms with van der Waals surface area (Å²) in [5.41, 5.74) is 2.61. The van der Waals surface area contributed by atoms with Crippen LogP contribution in [0.3, 0.4) is 0 Å². The molecule has 0 spiro atoms. The Balaban J connectivity index is 1.66. The Hall–Kier alpha value is -1.54. The minimum atomic E-state index is 0.475. The first-order valence-corrected chi connectivity index (χ1v) is 10.4. The van der Waals surface area contributed by atoms with Gasteiger partial charge in [-0.15, -0.1) is 0 Å². The largest absolute Gasteiger partial charge is 0.297 e. The Kier molecular flexibility index (Phi) is 6.81. The minimum absolute atomic E-state index is 0.475. The summed E-state index contributed by atoms with van der Waals surface area (Å²) in [6, 6.07) is 21.8. The van der Waals surface area contributed by atoms with E-state index in [4.69, 9.17) is 23.2 Å². The molecule has 27 heavy (non-hydrogen) atoms. The van der Waals surface area contributed by atoms with Crippen LogP contribution < -0.4 is 0 Å². The van der Waals surface area contributed by atoms with Gasteiger partial charge in [0.2, 0.25) is 0 Å². The third-order valence-electron chi connectivity index (χ3n) is 5.29. The Morgan fingerprint density at radius 2 is 1.56 bits per heavy atom. The first-order chi connectivity index (χ1) is 12.9. The maximum absolute atomic E-state index is 6.18. The molecule has 1 nitrogen and oxygen atoms in total. The van der Waals surface area contributed by atoms with E-state index in [9.17, 15) is 0 Å². The molecule has 3 rings (SSSR count). The van der Waals surface area contributed by atoms with Crippen molar-refractivity contribution in [2.75, 3.05) is 6.54 Å². The van der Waals surface area contributed by atoms with Crippen LogP contribution in [0.15, 0.2) is 60.7 Å². The van der Waals surface area contributed by atoms with E-state index in [0.717, 1.165) is 19.5 Å². The third-order valence-corrected chi connectivity index (χ3v) is 6.03. The molecule has 0 aliphatic carbocycles. The average molecular weight is 400 g/mol. The van der Waals surface area contributed by atoms with Crippen LogP contribution in [0.4, 0.5) is 0 Å². The van der Waals surface area contributed by atoms with E-state index in [1.807, 2.05) is 12.1 Å². The highest BCUT2D eigenvalue weighted by Gasteiger charge is 2.14. The van der Waals surface area contributed by atoms with Gasteiger partial charge in [-0.3, -0.25) is 4.90 Å². The van der Waals surface area contributed by atoms with Crippen LogP contribution in [0.1, 0.15) is 44.2 Å². The summed E-state index contributed by atoms with van der Waals surface area (Å²) in [6.45, 7) is 8.75. The normalized spacial score (nSPS) is 12.9. The minimum Gasteiger partial charge on any atom is -0.297 e. The van der Waals surface area contributed by atoms with Crippen molar-refractivity contribution >= 4 is 34.0 Å². The van der Waals surface area contributed by atoms with Gasteiger partial charge in [0, 0.05) is 12.6 Å². The fourth-order valence-corrected chi connectivity index (χ4v) is 3.75. The van der Waals surface area contributed by atoms with Crippen LogP contribution >= 0.6 is 23.2 Å². The summed E-state index contributed by atoms with van der Waals surface area (Å²) in [4.78, 5) is 2.50. The molecular weight excluding hydrogens is 373 g/mol. The zero-order chi connectivity index (χ0) is 19.4. The number of rotatable bonds is 7. The van der Waals surface area contributed by atoms with Crippen molar-refractivity contribution in [1.29, 1.82) is 0 Å². The van der Waals surface area contributed by atoms with Crippen molar-refractivity contribution in [2.24, 2.45) is 0 Å². The molecule has 0 heterocycles. The van der Waals surface area contributed by atoms with Crippen molar-refractivity contribution in [3.05, 3.63) is 81.8 Å². The molecule has 3 aromatic rings. The van der Waals surface area contributed by atoms with Gasteiger partial charge in [0.1, 0.15) is 0 Å². The molecule has 0 saturated heterocycles. The second kappa shape index (κ2) is 9.10. The third kappa shape index (κ3) is 5.25. The van der Waals surface area contributed by atoms with Crippen molar-refractivity contribution in [2.45, 2.75) is 45.7 Å². The van der Waals surface area contributed by atoms with E-state index < -0.39 is 0 Å². The topological polar surface area (TPSA) is 3.24 Å². The smallest absolute Gasteiger partial charge is 0.0595 e. The lowest BCUT2D eigenvalue weighted by Gasteiger charge is -2.28. The van der Waals surface area contributed by atoms with Gasteiger partial charge in [-0.1, -0.05) is 78.7 Å². The quantitative estimate of drug-likeness (QED) is 0.396. The number of halogens is 2. The summed E-state index contributed by atoms with van der Waals surface area (Å²) < 4.78 is 0. The summed E-state index contributed by atoms with van der Waals surface area (Å²) in [5.74, 6) is 0.518. The SMILES string of the molecule is CC(CCN(Cc1ccc(Cl)c(Cl)c1)C(C)C)c1ccc2ccccc2c1. The Morgan fingerprint density at radius 1 is 0.815 bits per heavy atom. The Labute approximate surface area is 172 Å². The zero-order valence-corrected chi connectivity index (χ0v) is 17.8. The molecule has 1 atom stereocenters. The number of nitrogens with zero attached hydrogens (tertiary/aromatic N) is 1. The maximum Gasteiger partial charge on any atom is 0.0595 e. The molecule has 1 unspecified atom stereocenters. The molecule has 0 aliphatic heterocycles. The predicted octanol–water partition coefficient (Wildman–Crippen LogP) is 7.55. The molecule has 0 saturated carbocycles. The van der Waals surface area contributed by atoms with Crippen LogP contribution in [-0.2, 0) is 6.54 Å². The average Bonchev–Trinajstić information content (AvgIpc) is 2.67. The summed E-state index contributed by atoms with van der Waals surface area (Å²) in [7, 11) is 0. The highest BCUT2D eigenvalue weighted by molar-refractivity contribution is 6.42. The summed E-state index contributed by atoms with van der Waals surface area (Å²) in [5, 5.41) is 3.86. The van der Waals surface area contributed by atoms with Crippen LogP contribution in [0.25, 0.3) is 10.8 Å². The fraction of sp³-hybridized carbons (Fsp3) is 0.333. The molecule has 0 amide bonds. The number of benzene rings is 3. The standard InChI is InChI=1S/C24H27Cl2N/c1-17(2)27(16-19-8-11-23(25)24(26)14-19)13-12-18(3)21-10-9-20-6-4-5-7-22(20)15-21/h4-11,14-15,17-18H,12-13,16H2,1-3H3. The van der Waals surface area contributed by atoms with Gasteiger partial charge in [-0.25, -0.2) is 0 Å². The maximum atomic E-state index is 6.18. The lowest BCUT2D eigenvalue weighted by atomic mass is 9.95.